The van der Waals surface area contributed by atoms with Crippen molar-refractivity contribution in [2.45, 2.75) is 20.3 Å². The summed E-state index contributed by atoms with van der Waals surface area (Å²) in [6.45, 7) is 3.59. The van der Waals surface area contributed by atoms with Crippen LogP contribution in [0.15, 0.2) is 18.2 Å². The Labute approximate surface area is 161 Å². The van der Waals surface area contributed by atoms with E-state index in [1.54, 1.807) is 32.0 Å². The number of benzene rings is 1. The lowest BCUT2D eigenvalue weighted by atomic mass is 9.99. The van der Waals surface area contributed by atoms with Gasteiger partial charge in [0.1, 0.15) is 5.92 Å². The van der Waals surface area contributed by atoms with Gasteiger partial charge in [0.05, 0.1) is 38.7 Å². The lowest BCUT2D eigenvalue weighted by molar-refractivity contribution is -0.152. The highest BCUT2D eigenvalue weighted by atomic mass is 32.1. The molecule has 1 aromatic heterocycles. The first-order valence-electron chi connectivity index (χ1n) is 8.47. The average Bonchev–Trinajstić information content (AvgIpc) is 3.07. The lowest BCUT2D eigenvalue weighted by Crippen LogP contribution is -2.29. The Bertz CT molecular complexity index is 799. The Morgan fingerprint density at radius 2 is 1.59 bits per heavy atom. The topological polar surface area (TPSA) is 88.1 Å². The number of carbonyl (C=O) groups is 3. The minimum Gasteiger partial charge on any atom is -0.493 e. The predicted octanol–water partition coefficient (Wildman–Crippen LogP) is 3.23. The van der Waals surface area contributed by atoms with Crippen molar-refractivity contribution in [2.24, 2.45) is 5.92 Å². The predicted molar refractivity (Wildman–Crippen MR) is 101 cm³/mol. The molecule has 2 rings (SSSR count). The molecule has 7 nitrogen and oxygen atoms in total. The summed E-state index contributed by atoms with van der Waals surface area (Å²) < 4.78 is 21.2. The van der Waals surface area contributed by atoms with E-state index in [2.05, 4.69) is 0 Å². The Balaban J connectivity index is 2.38. The maximum Gasteiger partial charge on any atom is 0.317 e. The standard InChI is InChI=1S/C19H22O7S/c1-5-25-17(20)9-12(19(22)26-6-2)18(21)16-8-11-7-13(23-3)14(24-4)10-15(11)27-16/h7-8,10,12H,5-6,9H2,1-4H3. The number of fused-ring (bicyclic) bond motifs is 1. The van der Waals surface area contributed by atoms with Crippen molar-refractivity contribution in [3.63, 3.8) is 0 Å². The Kier molecular flexibility index (Phi) is 7.18. The fraction of sp³-hybridized carbons (Fsp3) is 0.421. The number of ketones is 1. The molecule has 146 valence electrons. The molecule has 0 bridgehead atoms. The molecule has 0 aliphatic carbocycles. The maximum atomic E-state index is 12.9. The molecule has 0 fully saturated rings. The highest BCUT2D eigenvalue weighted by molar-refractivity contribution is 7.20. The van der Waals surface area contributed by atoms with Gasteiger partial charge in [-0.2, -0.15) is 0 Å². The summed E-state index contributed by atoms with van der Waals surface area (Å²) in [5.41, 5.74) is 0. The average molecular weight is 394 g/mol. The molecule has 0 aliphatic heterocycles. The van der Waals surface area contributed by atoms with E-state index in [-0.39, 0.29) is 19.6 Å². The molecule has 1 atom stereocenters. The van der Waals surface area contributed by atoms with Crippen LogP contribution in [0.4, 0.5) is 0 Å². The van der Waals surface area contributed by atoms with E-state index >= 15 is 0 Å². The first kappa shape index (κ1) is 20.7. The molecule has 0 aliphatic rings. The molecule has 27 heavy (non-hydrogen) atoms. The summed E-state index contributed by atoms with van der Waals surface area (Å²) in [6, 6.07) is 5.19. The highest BCUT2D eigenvalue weighted by Crippen LogP contribution is 2.37. The molecule has 0 saturated heterocycles. The van der Waals surface area contributed by atoms with Crippen LogP contribution in [-0.2, 0) is 19.1 Å². The molecule has 0 radical (unpaired) electrons. The van der Waals surface area contributed by atoms with Gasteiger partial charge < -0.3 is 18.9 Å². The van der Waals surface area contributed by atoms with Gasteiger partial charge in [-0.3, -0.25) is 14.4 Å². The second kappa shape index (κ2) is 9.36. The van der Waals surface area contributed by atoms with Gasteiger partial charge in [-0.25, -0.2) is 0 Å². The second-order valence-corrected chi connectivity index (χ2v) is 6.62. The molecule has 0 amide bonds. The number of thiophene rings is 1. The zero-order valence-electron chi connectivity index (χ0n) is 15.7. The Morgan fingerprint density at radius 1 is 0.963 bits per heavy atom. The lowest BCUT2D eigenvalue weighted by Gasteiger charge is -2.12. The molecule has 2 aromatic rings. The van der Waals surface area contributed by atoms with E-state index in [1.807, 2.05) is 0 Å². The van der Waals surface area contributed by atoms with Gasteiger partial charge in [0.15, 0.2) is 17.3 Å². The highest BCUT2D eigenvalue weighted by Gasteiger charge is 2.33. The number of Topliss-reactive ketones (excluding diaryl/α,β-unsaturated/α-hetero) is 1. The van der Waals surface area contributed by atoms with Crippen LogP contribution >= 0.6 is 11.3 Å². The molecular weight excluding hydrogens is 372 g/mol. The van der Waals surface area contributed by atoms with Crippen molar-refractivity contribution in [1.29, 1.82) is 0 Å². The van der Waals surface area contributed by atoms with E-state index in [9.17, 15) is 14.4 Å². The van der Waals surface area contributed by atoms with Crippen molar-refractivity contribution in [3.8, 4) is 11.5 Å². The SMILES string of the molecule is CCOC(=O)CC(C(=O)OCC)C(=O)c1cc2cc(OC)c(OC)cc2s1. The quantitative estimate of drug-likeness (QED) is 0.366. The number of hydrogen-bond acceptors (Lipinski definition) is 8. The molecule has 0 spiro atoms. The van der Waals surface area contributed by atoms with Crippen molar-refractivity contribution in [2.75, 3.05) is 27.4 Å². The van der Waals surface area contributed by atoms with Crippen LogP contribution in [0, 0.1) is 5.92 Å². The zero-order valence-corrected chi connectivity index (χ0v) is 16.5. The number of esters is 2. The van der Waals surface area contributed by atoms with Crippen LogP contribution in [-0.4, -0.2) is 45.2 Å². The summed E-state index contributed by atoms with van der Waals surface area (Å²) in [6.07, 6.45) is -0.355. The van der Waals surface area contributed by atoms with E-state index in [1.165, 1.54) is 25.6 Å². The van der Waals surface area contributed by atoms with Gasteiger partial charge in [-0.05, 0) is 31.4 Å². The molecular formula is C19H22O7S. The molecule has 8 heteroatoms. The van der Waals surface area contributed by atoms with Crippen molar-refractivity contribution in [3.05, 3.63) is 23.1 Å². The number of ether oxygens (including phenoxy) is 4. The van der Waals surface area contributed by atoms with E-state index in [4.69, 9.17) is 18.9 Å². The molecule has 0 N–H and O–H groups in total. The molecule has 1 heterocycles. The fourth-order valence-electron chi connectivity index (χ4n) is 2.57. The van der Waals surface area contributed by atoms with Gasteiger partial charge >= 0.3 is 11.9 Å². The van der Waals surface area contributed by atoms with Crippen LogP contribution in [0.3, 0.4) is 0 Å². The molecule has 1 unspecified atom stereocenters. The fourth-order valence-corrected chi connectivity index (χ4v) is 3.64. The minimum atomic E-state index is -1.24. The third-order valence-corrected chi connectivity index (χ3v) is 4.94. The van der Waals surface area contributed by atoms with E-state index < -0.39 is 23.6 Å². The number of carbonyl (C=O) groups excluding carboxylic acids is 3. The van der Waals surface area contributed by atoms with Gasteiger partial charge in [0.2, 0.25) is 0 Å². The van der Waals surface area contributed by atoms with Gasteiger partial charge in [0, 0.05) is 10.8 Å². The first-order chi connectivity index (χ1) is 12.9. The zero-order chi connectivity index (χ0) is 20.0. The summed E-state index contributed by atoms with van der Waals surface area (Å²) >= 11 is 1.21. The van der Waals surface area contributed by atoms with Crippen molar-refractivity contribution in [1.82, 2.24) is 0 Å². The van der Waals surface area contributed by atoms with E-state index in [0.29, 0.717) is 16.4 Å². The van der Waals surface area contributed by atoms with Crippen LogP contribution in [0.2, 0.25) is 0 Å². The Morgan fingerprint density at radius 3 is 2.19 bits per heavy atom. The van der Waals surface area contributed by atoms with Gasteiger partial charge in [-0.1, -0.05) is 0 Å². The third kappa shape index (κ3) is 4.77. The number of hydrogen-bond donors (Lipinski definition) is 0. The van der Waals surface area contributed by atoms with Gasteiger partial charge in [-0.15, -0.1) is 11.3 Å². The molecule has 1 aromatic carbocycles. The largest absolute Gasteiger partial charge is 0.493 e. The summed E-state index contributed by atoms with van der Waals surface area (Å²) in [4.78, 5) is 37.3. The first-order valence-corrected chi connectivity index (χ1v) is 9.28. The summed E-state index contributed by atoms with van der Waals surface area (Å²) in [7, 11) is 3.05. The van der Waals surface area contributed by atoms with Crippen LogP contribution in [0.5, 0.6) is 11.5 Å². The second-order valence-electron chi connectivity index (χ2n) is 5.53. The summed E-state index contributed by atoms with van der Waals surface area (Å²) in [5.74, 6) is -1.98. The normalized spacial score (nSPS) is 11.7. The third-order valence-electron chi connectivity index (χ3n) is 3.83. The maximum absolute atomic E-state index is 12.9. The monoisotopic (exact) mass is 394 g/mol. The summed E-state index contributed by atoms with van der Waals surface area (Å²) in [5, 5.41) is 0.778. The van der Waals surface area contributed by atoms with Crippen LogP contribution in [0.1, 0.15) is 29.9 Å². The molecule has 0 saturated carbocycles. The van der Waals surface area contributed by atoms with E-state index in [0.717, 1.165) is 10.1 Å². The van der Waals surface area contributed by atoms with Crippen LogP contribution < -0.4 is 9.47 Å². The van der Waals surface area contributed by atoms with Crippen LogP contribution in [0.25, 0.3) is 10.1 Å². The smallest absolute Gasteiger partial charge is 0.317 e. The minimum absolute atomic E-state index is 0.117. The number of rotatable bonds is 9. The van der Waals surface area contributed by atoms with Crippen molar-refractivity contribution >= 4 is 39.1 Å². The van der Waals surface area contributed by atoms with Crippen molar-refractivity contribution < 1.29 is 33.3 Å². The van der Waals surface area contributed by atoms with Gasteiger partial charge in [0.25, 0.3) is 0 Å². The number of methoxy groups -OCH3 is 2. The Hall–Kier alpha value is -2.61.